The molecule has 0 aromatic rings. The van der Waals surface area contributed by atoms with Crippen molar-refractivity contribution in [3.63, 3.8) is 0 Å². The molecule has 1 unspecified atom stereocenters. The lowest BCUT2D eigenvalue weighted by molar-refractivity contribution is 0.588. The lowest BCUT2D eigenvalue weighted by Crippen LogP contribution is -2.28. The molecule has 2 nitrogen and oxygen atoms in total. The summed E-state index contributed by atoms with van der Waals surface area (Å²) in [5, 5.41) is 6.47. The Balaban J connectivity index is 1.92. The Morgan fingerprint density at radius 3 is 2.78 bits per heavy atom. The summed E-state index contributed by atoms with van der Waals surface area (Å²) in [7, 11) is 1.97. The van der Waals surface area contributed by atoms with Gasteiger partial charge in [0, 0.05) is 12.7 Å². The predicted octanol–water partition coefficient (Wildman–Crippen LogP) is 0.551. The molecule has 0 aromatic carbocycles. The topological polar surface area (TPSA) is 24.1 Å². The van der Waals surface area contributed by atoms with Crippen LogP contribution >= 0.6 is 0 Å². The highest BCUT2D eigenvalue weighted by Crippen LogP contribution is 2.32. The van der Waals surface area contributed by atoms with E-state index in [0.29, 0.717) is 0 Å². The summed E-state index contributed by atoms with van der Waals surface area (Å²) in [6.07, 6.45) is 2.72. The minimum atomic E-state index is 0.822. The van der Waals surface area contributed by atoms with Gasteiger partial charge in [-0.05, 0) is 19.4 Å². The maximum absolute atomic E-state index is 3.40. The van der Waals surface area contributed by atoms with E-state index < -0.39 is 0 Å². The van der Waals surface area contributed by atoms with E-state index in [0.717, 1.165) is 18.6 Å². The summed E-state index contributed by atoms with van der Waals surface area (Å²) in [4.78, 5) is 0. The van der Waals surface area contributed by atoms with Gasteiger partial charge in [-0.2, -0.15) is 0 Å². The molecule has 0 bridgehead atoms. The maximum atomic E-state index is 3.40. The molecule has 9 heavy (non-hydrogen) atoms. The molecule has 1 fully saturated rings. The van der Waals surface area contributed by atoms with Crippen molar-refractivity contribution in [2.45, 2.75) is 25.8 Å². The lowest BCUT2D eigenvalue weighted by atomic mass is 10.3. The van der Waals surface area contributed by atoms with Gasteiger partial charge in [-0.1, -0.05) is 13.3 Å². The summed E-state index contributed by atoms with van der Waals surface area (Å²) in [6.45, 7) is 3.22. The highest BCUT2D eigenvalue weighted by atomic mass is 15.1. The third-order valence-electron chi connectivity index (χ3n) is 1.99. The van der Waals surface area contributed by atoms with Gasteiger partial charge in [0.15, 0.2) is 0 Å². The second kappa shape index (κ2) is 3.18. The summed E-state index contributed by atoms with van der Waals surface area (Å²) in [5.74, 6) is 0.971. The van der Waals surface area contributed by atoms with Crippen molar-refractivity contribution in [1.29, 1.82) is 0 Å². The molecule has 1 aliphatic rings. The van der Waals surface area contributed by atoms with Crippen LogP contribution in [-0.2, 0) is 0 Å². The lowest BCUT2D eigenvalue weighted by Gasteiger charge is -1.99. The first-order valence-electron chi connectivity index (χ1n) is 3.76. The second-order valence-electron chi connectivity index (χ2n) is 2.74. The molecule has 2 N–H and O–H groups in total. The first-order valence-corrected chi connectivity index (χ1v) is 3.76. The standard InChI is InChI=1S/C7H16N2/c1-3-6-4-7(6)9-5-8-2/h6-9H,3-5H2,1-2H3/t6-,7?/m1/s1. The molecule has 1 saturated carbocycles. The van der Waals surface area contributed by atoms with E-state index in [1.54, 1.807) is 0 Å². The van der Waals surface area contributed by atoms with Crippen molar-refractivity contribution in [2.24, 2.45) is 5.92 Å². The SMILES string of the molecule is CC[C@@H]1CC1NCNC. The minimum Gasteiger partial charge on any atom is -0.308 e. The van der Waals surface area contributed by atoms with Crippen LogP contribution in [0.1, 0.15) is 19.8 Å². The van der Waals surface area contributed by atoms with Crippen molar-refractivity contribution in [1.82, 2.24) is 10.6 Å². The quantitative estimate of drug-likeness (QED) is 0.540. The molecule has 0 amide bonds. The van der Waals surface area contributed by atoms with Gasteiger partial charge in [0.2, 0.25) is 0 Å². The van der Waals surface area contributed by atoms with Crippen molar-refractivity contribution in [3.05, 3.63) is 0 Å². The van der Waals surface area contributed by atoms with Gasteiger partial charge in [0.05, 0.1) is 0 Å². The van der Waals surface area contributed by atoms with Crippen molar-refractivity contribution < 1.29 is 0 Å². The zero-order valence-corrected chi connectivity index (χ0v) is 6.28. The number of hydrogen-bond acceptors (Lipinski definition) is 2. The smallest absolute Gasteiger partial charge is 0.0453 e. The van der Waals surface area contributed by atoms with E-state index in [4.69, 9.17) is 0 Å². The molecule has 0 radical (unpaired) electrons. The molecule has 1 aliphatic carbocycles. The Hall–Kier alpha value is -0.0800. The zero-order chi connectivity index (χ0) is 6.69. The molecule has 0 heterocycles. The molecular formula is C7H16N2. The van der Waals surface area contributed by atoms with Crippen LogP contribution in [0.15, 0.2) is 0 Å². The van der Waals surface area contributed by atoms with Crippen molar-refractivity contribution in [3.8, 4) is 0 Å². The highest BCUT2D eigenvalue weighted by Gasteiger charge is 2.33. The Labute approximate surface area is 57.0 Å². The summed E-state index contributed by atoms with van der Waals surface area (Å²) in [5.41, 5.74) is 0. The van der Waals surface area contributed by atoms with E-state index in [2.05, 4.69) is 17.6 Å². The fourth-order valence-corrected chi connectivity index (χ4v) is 1.18. The first kappa shape index (κ1) is 7.03. The Kier molecular flexibility index (Phi) is 2.49. The average molecular weight is 128 g/mol. The summed E-state index contributed by atoms with van der Waals surface area (Å²) >= 11 is 0. The monoisotopic (exact) mass is 128 g/mol. The molecular weight excluding hydrogens is 112 g/mol. The third kappa shape index (κ3) is 1.95. The van der Waals surface area contributed by atoms with Crippen LogP contribution in [0.5, 0.6) is 0 Å². The molecule has 0 spiro atoms. The number of rotatable bonds is 4. The first-order chi connectivity index (χ1) is 4.38. The molecule has 54 valence electrons. The molecule has 0 aromatic heterocycles. The second-order valence-corrected chi connectivity index (χ2v) is 2.74. The largest absolute Gasteiger partial charge is 0.308 e. The van der Waals surface area contributed by atoms with E-state index in [-0.39, 0.29) is 0 Å². The van der Waals surface area contributed by atoms with Gasteiger partial charge in [-0.3, -0.25) is 0 Å². The normalized spacial score (nSPS) is 32.7. The van der Waals surface area contributed by atoms with Crippen molar-refractivity contribution >= 4 is 0 Å². The van der Waals surface area contributed by atoms with E-state index in [1.807, 2.05) is 7.05 Å². The molecule has 2 heteroatoms. The van der Waals surface area contributed by atoms with Gasteiger partial charge in [-0.15, -0.1) is 0 Å². The van der Waals surface area contributed by atoms with Crippen LogP contribution in [0, 0.1) is 5.92 Å². The minimum absolute atomic E-state index is 0.822. The maximum Gasteiger partial charge on any atom is 0.0453 e. The summed E-state index contributed by atoms with van der Waals surface area (Å²) < 4.78 is 0. The van der Waals surface area contributed by atoms with Gasteiger partial charge in [0.25, 0.3) is 0 Å². The van der Waals surface area contributed by atoms with Crippen LogP contribution in [-0.4, -0.2) is 19.8 Å². The van der Waals surface area contributed by atoms with Crippen LogP contribution < -0.4 is 10.6 Å². The highest BCUT2D eigenvalue weighted by molar-refractivity contribution is 4.91. The Bertz CT molecular complexity index is 83.0. The van der Waals surface area contributed by atoms with Gasteiger partial charge in [0.1, 0.15) is 0 Å². The van der Waals surface area contributed by atoms with Gasteiger partial charge in [-0.25, -0.2) is 0 Å². The van der Waals surface area contributed by atoms with E-state index in [9.17, 15) is 0 Å². The Morgan fingerprint density at radius 2 is 2.33 bits per heavy atom. The van der Waals surface area contributed by atoms with Crippen molar-refractivity contribution in [2.75, 3.05) is 13.7 Å². The molecule has 0 saturated heterocycles. The van der Waals surface area contributed by atoms with E-state index in [1.165, 1.54) is 12.8 Å². The van der Waals surface area contributed by atoms with Gasteiger partial charge < -0.3 is 10.6 Å². The van der Waals surface area contributed by atoms with Crippen LogP contribution in [0.25, 0.3) is 0 Å². The fraction of sp³-hybridized carbons (Fsp3) is 1.00. The number of nitrogens with one attached hydrogen (secondary N) is 2. The van der Waals surface area contributed by atoms with Crippen LogP contribution in [0.4, 0.5) is 0 Å². The average Bonchev–Trinajstić information content (AvgIpc) is 2.62. The van der Waals surface area contributed by atoms with Crippen LogP contribution in [0.3, 0.4) is 0 Å². The third-order valence-corrected chi connectivity index (χ3v) is 1.99. The van der Waals surface area contributed by atoms with Gasteiger partial charge >= 0.3 is 0 Å². The molecule has 2 atom stereocenters. The zero-order valence-electron chi connectivity index (χ0n) is 6.28. The van der Waals surface area contributed by atoms with E-state index >= 15 is 0 Å². The molecule has 0 aliphatic heterocycles. The molecule has 1 rings (SSSR count). The predicted molar refractivity (Wildman–Crippen MR) is 39.2 cm³/mol. The fourth-order valence-electron chi connectivity index (χ4n) is 1.18. The summed E-state index contributed by atoms with van der Waals surface area (Å²) in [6, 6.07) is 0.822. The number of hydrogen-bond donors (Lipinski definition) is 2. The van der Waals surface area contributed by atoms with Crippen LogP contribution in [0.2, 0.25) is 0 Å². The Morgan fingerprint density at radius 1 is 1.56 bits per heavy atom.